The lowest BCUT2D eigenvalue weighted by molar-refractivity contribution is -0.145. The molecule has 90 valence electrons. The zero-order chi connectivity index (χ0) is 12.3. The van der Waals surface area contributed by atoms with Crippen LogP contribution in [0.3, 0.4) is 0 Å². The van der Waals surface area contributed by atoms with Crippen LogP contribution in [0.25, 0.3) is 0 Å². The quantitative estimate of drug-likeness (QED) is 0.740. The second kappa shape index (κ2) is 4.99. The van der Waals surface area contributed by atoms with Crippen molar-refractivity contribution in [2.45, 2.75) is 26.0 Å². The van der Waals surface area contributed by atoms with E-state index in [4.69, 9.17) is 4.74 Å². The average molecular weight is 233 g/mol. The van der Waals surface area contributed by atoms with Gasteiger partial charge in [0.05, 0.1) is 13.0 Å². The van der Waals surface area contributed by atoms with Crippen LogP contribution >= 0.6 is 0 Å². The first-order chi connectivity index (χ1) is 8.15. The summed E-state index contributed by atoms with van der Waals surface area (Å²) in [6.45, 7) is 2.44. The monoisotopic (exact) mass is 233 g/mol. The SMILES string of the molecule is CC(=O)O[C@H]1CC(=O)N(Cc2ccccc2)C1. The van der Waals surface area contributed by atoms with Gasteiger partial charge in [-0.3, -0.25) is 9.59 Å². The van der Waals surface area contributed by atoms with E-state index in [2.05, 4.69) is 0 Å². The molecule has 4 heteroatoms. The average Bonchev–Trinajstić information content (AvgIpc) is 2.59. The van der Waals surface area contributed by atoms with Crippen LogP contribution in [0.1, 0.15) is 18.9 Å². The van der Waals surface area contributed by atoms with E-state index in [1.807, 2.05) is 30.3 Å². The first kappa shape index (κ1) is 11.6. The maximum atomic E-state index is 11.7. The molecule has 1 amide bonds. The largest absolute Gasteiger partial charge is 0.460 e. The Balaban J connectivity index is 1.95. The zero-order valence-corrected chi connectivity index (χ0v) is 9.76. The molecule has 0 radical (unpaired) electrons. The Morgan fingerprint density at radius 1 is 1.41 bits per heavy atom. The Kier molecular flexibility index (Phi) is 3.42. The van der Waals surface area contributed by atoms with Crippen molar-refractivity contribution in [2.75, 3.05) is 6.54 Å². The predicted octanol–water partition coefficient (Wildman–Crippen LogP) is 1.35. The van der Waals surface area contributed by atoms with Crippen LogP contribution in [-0.4, -0.2) is 29.4 Å². The van der Waals surface area contributed by atoms with E-state index in [1.165, 1.54) is 6.92 Å². The second-order valence-corrected chi connectivity index (χ2v) is 4.20. The molecule has 1 aromatic carbocycles. The van der Waals surface area contributed by atoms with Gasteiger partial charge in [-0.1, -0.05) is 30.3 Å². The van der Waals surface area contributed by atoms with Gasteiger partial charge in [0, 0.05) is 13.5 Å². The smallest absolute Gasteiger partial charge is 0.302 e. The molecule has 1 atom stereocenters. The van der Waals surface area contributed by atoms with Crippen molar-refractivity contribution in [3.63, 3.8) is 0 Å². The lowest BCUT2D eigenvalue weighted by atomic mass is 10.2. The van der Waals surface area contributed by atoms with Crippen molar-refractivity contribution in [1.29, 1.82) is 0 Å². The number of amides is 1. The summed E-state index contributed by atoms with van der Waals surface area (Å²) in [4.78, 5) is 24.2. The number of carbonyl (C=O) groups is 2. The first-order valence-electron chi connectivity index (χ1n) is 5.64. The maximum Gasteiger partial charge on any atom is 0.302 e. The number of hydrogen-bond acceptors (Lipinski definition) is 3. The molecule has 0 bridgehead atoms. The van der Waals surface area contributed by atoms with E-state index < -0.39 is 0 Å². The van der Waals surface area contributed by atoms with Crippen molar-refractivity contribution < 1.29 is 14.3 Å². The highest BCUT2D eigenvalue weighted by molar-refractivity contribution is 5.79. The van der Waals surface area contributed by atoms with Crippen molar-refractivity contribution >= 4 is 11.9 Å². The van der Waals surface area contributed by atoms with E-state index in [-0.39, 0.29) is 18.0 Å². The fraction of sp³-hybridized carbons (Fsp3) is 0.385. The van der Waals surface area contributed by atoms with Crippen LogP contribution < -0.4 is 0 Å². The topological polar surface area (TPSA) is 46.6 Å². The van der Waals surface area contributed by atoms with Crippen LogP contribution in [0.15, 0.2) is 30.3 Å². The number of likely N-dealkylation sites (tertiary alicyclic amines) is 1. The van der Waals surface area contributed by atoms with Crippen LogP contribution in [-0.2, 0) is 20.9 Å². The normalized spacial score (nSPS) is 19.5. The first-order valence-corrected chi connectivity index (χ1v) is 5.64. The molecule has 1 fully saturated rings. The van der Waals surface area contributed by atoms with Gasteiger partial charge in [0.15, 0.2) is 0 Å². The van der Waals surface area contributed by atoms with E-state index in [0.29, 0.717) is 19.5 Å². The van der Waals surface area contributed by atoms with Crippen molar-refractivity contribution in [2.24, 2.45) is 0 Å². The highest BCUT2D eigenvalue weighted by Crippen LogP contribution is 2.17. The van der Waals surface area contributed by atoms with E-state index in [9.17, 15) is 9.59 Å². The summed E-state index contributed by atoms with van der Waals surface area (Å²) in [5.74, 6) is -0.288. The minimum absolute atomic E-state index is 0.0418. The number of esters is 1. The molecular weight excluding hydrogens is 218 g/mol. The number of ether oxygens (including phenoxy) is 1. The van der Waals surface area contributed by atoms with E-state index >= 15 is 0 Å². The van der Waals surface area contributed by atoms with Crippen LogP contribution in [0.2, 0.25) is 0 Å². The molecule has 0 aromatic heterocycles. The van der Waals surface area contributed by atoms with Gasteiger partial charge in [-0.05, 0) is 5.56 Å². The molecule has 0 N–H and O–H groups in total. The molecule has 1 aliphatic rings. The fourth-order valence-electron chi connectivity index (χ4n) is 2.01. The lowest BCUT2D eigenvalue weighted by Gasteiger charge is -2.16. The molecule has 0 spiro atoms. The molecule has 17 heavy (non-hydrogen) atoms. The van der Waals surface area contributed by atoms with Crippen molar-refractivity contribution in [1.82, 2.24) is 4.90 Å². The van der Waals surface area contributed by atoms with Gasteiger partial charge in [-0.25, -0.2) is 0 Å². The summed E-state index contributed by atoms with van der Waals surface area (Å²) < 4.78 is 5.05. The minimum Gasteiger partial charge on any atom is -0.460 e. The Morgan fingerprint density at radius 2 is 2.12 bits per heavy atom. The summed E-state index contributed by atoms with van der Waals surface area (Å²) in [6.07, 6.45) is 0.00980. The maximum absolute atomic E-state index is 11.7. The fourth-order valence-corrected chi connectivity index (χ4v) is 2.01. The number of benzene rings is 1. The Labute approximate surface area is 100 Å². The molecular formula is C13H15NO3. The number of nitrogens with zero attached hydrogens (tertiary/aromatic N) is 1. The number of carbonyl (C=O) groups excluding carboxylic acids is 2. The summed E-state index contributed by atoms with van der Waals surface area (Å²) in [5, 5.41) is 0. The molecule has 1 aliphatic heterocycles. The van der Waals surface area contributed by atoms with Crippen LogP contribution in [0, 0.1) is 0 Å². The van der Waals surface area contributed by atoms with Gasteiger partial charge in [0.1, 0.15) is 6.10 Å². The van der Waals surface area contributed by atoms with Gasteiger partial charge in [-0.15, -0.1) is 0 Å². The second-order valence-electron chi connectivity index (χ2n) is 4.20. The molecule has 1 aromatic rings. The van der Waals surface area contributed by atoms with Crippen LogP contribution in [0.5, 0.6) is 0 Å². The Hall–Kier alpha value is -1.84. The highest BCUT2D eigenvalue weighted by Gasteiger charge is 2.31. The van der Waals surface area contributed by atoms with Gasteiger partial charge >= 0.3 is 5.97 Å². The summed E-state index contributed by atoms with van der Waals surface area (Å²) >= 11 is 0. The van der Waals surface area contributed by atoms with Crippen molar-refractivity contribution in [3.05, 3.63) is 35.9 Å². The lowest BCUT2D eigenvalue weighted by Crippen LogP contribution is -2.26. The predicted molar refractivity (Wildman–Crippen MR) is 62.0 cm³/mol. The summed E-state index contributed by atoms with van der Waals surface area (Å²) in [5.41, 5.74) is 1.09. The van der Waals surface area contributed by atoms with Gasteiger partial charge in [0.2, 0.25) is 5.91 Å². The molecule has 4 nitrogen and oxygen atoms in total. The Morgan fingerprint density at radius 3 is 2.76 bits per heavy atom. The van der Waals surface area contributed by atoms with Gasteiger partial charge in [-0.2, -0.15) is 0 Å². The molecule has 0 aliphatic carbocycles. The number of hydrogen-bond donors (Lipinski definition) is 0. The third-order valence-electron chi connectivity index (χ3n) is 2.73. The standard InChI is InChI=1S/C13H15NO3/c1-10(15)17-12-7-13(16)14(9-12)8-11-5-3-2-4-6-11/h2-6,12H,7-9H2,1H3/t12-/m0/s1. The molecule has 1 saturated heterocycles. The van der Waals surface area contributed by atoms with Gasteiger partial charge in [0.25, 0.3) is 0 Å². The molecule has 0 unspecified atom stereocenters. The van der Waals surface area contributed by atoms with Crippen molar-refractivity contribution in [3.8, 4) is 0 Å². The molecule has 2 rings (SSSR count). The number of rotatable bonds is 3. The van der Waals surface area contributed by atoms with E-state index in [0.717, 1.165) is 5.56 Å². The summed E-state index contributed by atoms with van der Waals surface area (Å²) in [7, 11) is 0. The summed E-state index contributed by atoms with van der Waals surface area (Å²) in [6, 6.07) is 9.79. The molecule has 1 heterocycles. The third kappa shape index (κ3) is 3.06. The van der Waals surface area contributed by atoms with E-state index in [1.54, 1.807) is 4.90 Å². The highest BCUT2D eigenvalue weighted by atomic mass is 16.5. The zero-order valence-electron chi connectivity index (χ0n) is 9.76. The third-order valence-corrected chi connectivity index (χ3v) is 2.73. The van der Waals surface area contributed by atoms with Crippen LogP contribution in [0.4, 0.5) is 0 Å². The minimum atomic E-state index is -0.329. The Bertz CT molecular complexity index is 416. The van der Waals surface area contributed by atoms with Gasteiger partial charge < -0.3 is 9.64 Å². The molecule has 0 saturated carbocycles.